The Morgan fingerprint density at radius 1 is 1.22 bits per heavy atom. The summed E-state index contributed by atoms with van der Waals surface area (Å²) < 4.78 is 0. The molecule has 18 heavy (non-hydrogen) atoms. The molecule has 0 radical (unpaired) electrons. The van der Waals surface area contributed by atoms with Crippen LogP contribution in [0.2, 0.25) is 0 Å². The van der Waals surface area contributed by atoms with Crippen LogP contribution in [0, 0.1) is 0 Å². The Labute approximate surface area is 109 Å². The molecule has 1 aliphatic rings. The molecular weight excluding hydrogens is 218 g/mol. The van der Waals surface area contributed by atoms with Crippen molar-refractivity contribution in [3.63, 3.8) is 0 Å². The smallest absolute Gasteiger partial charge is 0.00375 e. The van der Waals surface area contributed by atoms with Crippen molar-refractivity contribution in [1.82, 2.24) is 4.98 Å². The molecule has 1 aliphatic carbocycles. The number of hydrogen-bond acceptors (Lipinski definition) is 0. The van der Waals surface area contributed by atoms with Gasteiger partial charge in [-0.1, -0.05) is 25.1 Å². The molecule has 0 fully saturated rings. The second-order valence-corrected chi connectivity index (χ2v) is 5.40. The first-order chi connectivity index (χ1) is 8.86. The monoisotopic (exact) mass is 239 g/mol. The van der Waals surface area contributed by atoms with Crippen LogP contribution in [-0.4, -0.2) is 4.98 Å². The number of H-pyrrole nitrogens is 1. The summed E-state index contributed by atoms with van der Waals surface area (Å²) in [6, 6.07) is 9.32. The van der Waals surface area contributed by atoms with Gasteiger partial charge in [0.1, 0.15) is 0 Å². The number of nitrogens with one attached hydrogen (secondary N) is 1. The lowest BCUT2D eigenvalue weighted by Crippen LogP contribution is -2.12. The summed E-state index contributed by atoms with van der Waals surface area (Å²) in [5, 5.41) is 0. The third-order valence-electron chi connectivity index (χ3n) is 4.20. The van der Waals surface area contributed by atoms with Crippen LogP contribution in [0.4, 0.5) is 0 Å². The van der Waals surface area contributed by atoms with E-state index in [1.807, 2.05) is 6.20 Å². The lowest BCUT2D eigenvalue weighted by molar-refractivity contribution is 0.550. The van der Waals surface area contributed by atoms with E-state index >= 15 is 0 Å². The molecule has 2 aromatic rings. The van der Waals surface area contributed by atoms with E-state index in [0.29, 0.717) is 0 Å². The molecule has 0 saturated carbocycles. The van der Waals surface area contributed by atoms with E-state index < -0.39 is 0 Å². The number of hydrogen-bond donors (Lipinski definition) is 1. The minimum Gasteiger partial charge on any atom is -0.367 e. The molecule has 0 spiro atoms. The Bertz CT molecular complexity index is 510. The van der Waals surface area contributed by atoms with Gasteiger partial charge in [-0.2, -0.15) is 0 Å². The Morgan fingerprint density at radius 3 is 2.94 bits per heavy atom. The molecule has 1 aromatic carbocycles. The molecule has 1 atom stereocenters. The van der Waals surface area contributed by atoms with Crippen molar-refractivity contribution >= 4 is 0 Å². The van der Waals surface area contributed by atoms with Gasteiger partial charge >= 0.3 is 0 Å². The first-order valence-electron chi connectivity index (χ1n) is 7.10. The molecule has 0 saturated heterocycles. The number of aromatic amines is 1. The first kappa shape index (κ1) is 11.6. The van der Waals surface area contributed by atoms with Crippen LogP contribution in [0.15, 0.2) is 36.7 Å². The highest BCUT2D eigenvalue weighted by Crippen LogP contribution is 2.34. The highest BCUT2D eigenvalue weighted by Gasteiger charge is 2.20. The topological polar surface area (TPSA) is 15.8 Å². The fourth-order valence-electron chi connectivity index (χ4n) is 3.15. The van der Waals surface area contributed by atoms with Crippen LogP contribution in [0.3, 0.4) is 0 Å². The zero-order valence-electron chi connectivity index (χ0n) is 11.1. The third kappa shape index (κ3) is 2.22. The maximum absolute atomic E-state index is 3.17. The molecule has 1 heteroatoms. The number of fused-ring (bicyclic) bond motifs is 1. The Morgan fingerprint density at radius 2 is 2.17 bits per heavy atom. The van der Waals surface area contributed by atoms with Gasteiger partial charge in [-0.15, -0.1) is 0 Å². The van der Waals surface area contributed by atoms with Crippen LogP contribution < -0.4 is 0 Å². The maximum Gasteiger partial charge on any atom is 0.00375 e. The van der Waals surface area contributed by atoms with Crippen LogP contribution in [0.1, 0.15) is 47.9 Å². The predicted molar refractivity (Wildman–Crippen MR) is 76.0 cm³/mol. The molecule has 1 nitrogen and oxygen atoms in total. The minimum absolute atomic E-state index is 0.719. The molecule has 0 bridgehead atoms. The Kier molecular flexibility index (Phi) is 3.22. The lowest BCUT2D eigenvalue weighted by Gasteiger charge is -2.26. The number of aromatic nitrogens is 1. The SMILES string of the molecule is CCc1ccc2c(c1)C(Cc1cc[nH]c1)CCC2. The molecule has 1 heterocycles. The van der Waals surface area contributed by atoms with Gasteiger partial charge in [0.05, 0.1) is 0 Å². The molecule has 0 aliphatic heterocycles. The Hall–Kier alpha value is -1.50. The molecule has 1 aromatic heterocycles. The summed E-state index contributed by atoms with van der Waals surface area (Å²) in [5.41, 5.74) is 6.12. The van der Waals surface area contributed by atoms with Gasteiger partial charge in [-0.25, -0.2) is 0 Å². The van der Waals surface area contributed by atoms with Crippen LogP contribution in [-0.2, 0) is 19.3 Å². The summed E-state index contributed by atoms with van der Waals surface area (Å²) in [4.78, 5) is 3.17. The quantitative estimate of drug-likeness (QED) is 0.824. The van der Waals surface area contributed by atoms with Gasteiger partial charge in [0, 0.05) is 12.4 Å². The highest BCUT2D eigenvalue weighted by atomic mass is 14.6. The van der Waals surface area contributed by atoms with E-state index in [1.54, 1.807) is 11.1 Å². The molecule has 0 amide bonds. The van der Waals surface area contributed by atoms with Crippen molar-refractivity contribution < 1.29 is 0 Å². The van der Waals surface area contributed by atoms with Crippen molar-refractivity contribution in [3.05, 3.63) is 58.9 Å². The summed E-state index contributed by atoms with van der Waals surface area (Å²) in [5.74, 6) is 0.719. The Balaban J connectivity index is 1.90. The van der Waals surface area contributed by atoms with E-state index in [0.717, 1.165) is 12.3 Å². The third-order valence-corrected chi connectivity index (χ3v) is 4.20. The molecule has 1 N–H and O–H groups in total. The average Bonchev–Trinajstić information content (AvgIpc) is 2.91. The maximum atomic E-state index is 3.17. The minimum atomic E-state index is 0.719. The van der Waals surface area contributed by atoms with Gasteiger partial charge < -0.3 is 4.98 Å². The van der Waals surface area contributed by atoms with Crippen LogP contribution in [0.25, 0.3) is 0 Å². The van der Waals surface area contributed by atoms with E-state index in [1.165, 1.54) is 36.8 Å². The fraction of sp³-hybridized carbons (Fsp3) is 0.412. The van der Waals surface area contributed by atoms with Crippen molar-refractivity contribution in [2.75, 3.05) is 0 Å². The number of rotatable bonds is 3. The van der Waals surface area contributed by atoms with Gasteiger partial charge in [-0.05, 0) is 66.3 Å². The number of aryl methyl sites for hydroxylation is 2. The summed E-state index contributed by atoms with van der Waals surface area (Å²) in [7, 11) is 0. The first-order valence-corrected chi connectivity index (χ1v) is 7.10. The summed E-state index contributed by atoms with van der Waals surface area (Å²) in [6.45, 7) is 2.24. The average molecular weight is 239 g/mol. The molecular formula is C17H21N. The molecule has 1 unspecified atom stereocenters. The van der Waals surface area contributed by atoms with Crippen molar-refractivity contribution in [2.24, 2.45) is 0 Å². The van der Waals surface area contributed by atoms with Crippen molar-refractivity contribution in [3.8, 4) is 0 Å². The second-order valence-electron chi connectivity index (χ2n) is 5.40. The van der Waals surface area contributed by atoms with Crippen LogP contribution in [0.5, 0.6) is 0 Å². The molecule has 94 valence electrons. The van der Waals surface area contributed by atoms with E-state index in [9.17, 15) is 0 Å². The molecule has 3 rings (SSSR count). The van der Waals surface area contributed by atoms with Crippen molar-refractivity contribution in [1.29, 1.82) is 0 Å². The largest absolute Gasteiger partial charge is 0.367 e. The van der Waals surface area contributed by atoms with Gasteiger partial charge in [0.2, 0.25) is 0 Å². The predicted octanol–water partition coefficient (Wildman–Crippen LogP) is 4.24. The van der Waals surface area contributed by atoms with E-state index in [2.05, 4.69) is 42.4 Å². The van der Waals surface area contributed by atoms with E-state index in [-0.39, 0.29) is 0 Å². The highest BCUT2D eigenvalue weighted by molar-refractivity contribution is 5.37. The summed E-state index contributed by atoms with van der Waals surface area (Å²) in [6.07, 6.45) is 10.4. The zero-order chi connectivity index (χ0) is 12.4. The lowest BCUT2D eigenvalue weighted by atomic mass is 9.79. The van der Waals surface area contributed by atoms with Gasteiger partial charge in [0.25, 0.3) is 0 Å². The fourth-order valence-corrected chi connectivity index (χ4v) is 3.15. The zero-order valence-corrected chi connectivity index (χ0v) is 11.1. The van der Waals surface area contributed by atoms with E-state index in [4.69, 9.17) is 0 Å². The van der Waals surface area contributed by atoms with Crippen molar-refractivity contribution in [2.45, 2.75) is 44.9 Å². The van der Waals surface area contributed by atoms with Crippen LogP contribution >= 0.6 is 0 Å². The standard InChI is InChI=1S/C17H21N/c1-2-13-6-7-15-4-3-5-16(17(15)11-13)10-14-8-9-18-12-14/h6-9,11-12,16,18H,2-5,10H2,1H3. The van der Waals surface area contributed by atoms with Gasteiger partial charge in [-0.3, -0.25) is 0 Å². The number of benzene rings is 1. The van der Waals surface area contributed by atoms with Gasteiger partial charge in [0.15, 0.2) is 0 Å². The summed E-state index contributed by atoms with van der Waals surface area (Å²) >= 11 is 0. The second kappa shape index (κ2) is 5.01. The normalized spacial score (nSPS) is 18.6.